The van der Waals surface area contributed by atoms with Crippen LogP contribution in [0.4, 0.5) is 8.78 Å². The number of carbonyl (C=O) groups excluding carboxylic acids is 1. The van der Waals surface area contributed by atoms with Crippen molar-refractivity contribution in [2.24, 2.45) is 0 Å². The Morgan fingerprint density at radius 2 is 1.91 bits per heavy atom. The fourth-order valence-corrected chi connectivity index (χ4v) is 3.60. The minimum atomic E-state index is -1.01. The molecular formula is C24H22F2N4O2. The Morgan fingerprint density at radius 3 is 2.59 bits per heavy atom. The highest BCUT2D eigenvalue weighted by molar-refractivity contribution is 6.01. The first-order chi connectivity index (χ1) is 15.1. The number of aromatic nitrogens is 3. The van der Waals surface area contributed by atoms with E-state index in [-0.39, 0.29) is 12.0 Å². The normalized spacial score (nSPS) is 11.7. The van der Waals surface area contributed by atoms with Gasteiger partial charge in [-0.1, -0.05) is 12.1 Å². The quantitative estimate of drug-likeness (QED) is 0.487. The molecule has 0 saturated heterocycles. The molecule has 2 N–H and O–H groups in total. The highest BCUT2D eigenvalue weighted by Gasteiger charge is 2.20. The number of nitrogens with zero attached hydrogens (tertiary/aromatic N) is 3. The number of halogens is 2. The van der Waals surface area contributed by atoms with Gasteiger partial charge >= 0.3 is 0 Å². The Labute approximate surface area is 183 Å². The van der Waals surface area contributed by atoms with E-state index in [1.807, 2.05) is 0 Å². The van der Waals surface area contributed by atoms with Gasteiger partial charge in [0, 0.05) is 29.8 Å². The number of aliphatic hydroxyl groups is 1. The first kappa shape index (κ1) is 21.6. The standard InChI is InChI=1S/C24H22F2N4O2/c1-14-20(12-27-22(28-14)15-5-4-6-17(25)9-15)23(31)29-30-13-16(11-24(2,3)32)19-10-18(26)7-8-21(19)30/h4-10,12-13,32H,11H2,1-3H3,(H,29,31). The molecule has 0 fully saturated rings. The van der Waals surface area contributed by atoms with Crippen LogP contribution in [0.3, 0.4) is 0 Å². The summed E-state index contributed by atoms with van der Waals surface area (Å²) >= 11 is 0. The third-order valence-electron chi connectivity index (χ3n) is 5.00. The molecule has 2 heterocycles. The number of rotatable bonds is 5. The molecule has 0 unspecified atom stereocenters. The minimum Gasteiger partial charge on any atom is -0.390 e. The van der Waals surface area contributed by atoms with Gasteiger partial charge in [-0.05, 0) is 56.7 Å². The van der Waals surface area contributed by atoms with Crippen LogP contribution < -0.4 is 5.43 Å². The van der Waals surface area contributed by atoms with Crippen LogP contribution in [-0.4, -0.2) is 31.3 Å². The number of hydrogen-bond donors (Lipinski definition) is 2. The fourth-order valence-electron chi connectivity index (χ4n) is 3.60. The second-order valence-electron chi connectivity index (χ2n) is 8.32. The number of hydrogen-bond acceptors (Lipinski definition) is 4. The van der Waals surface area contributed by atoms with E-state index in [2.05, 4.69) is 15.4 Å². The van der Waals surface area contributed by atoms with Gasteiger partial charge in [-0.2, -0.15) is 0 Å². The van der Waals surface area contributed by atoms with E-state index in [0.717, 1.165) is 0 Å². The summed E-state index contributed by atoms with van der Waals surface area (Å²) in [7, 11) is 0. The van der Waals surface area contributed by atoms with Gasteiger partial charge in [-0.25, -0.2) is 18.7 Å². The van der Waals surface area contributed by atoms with Crippen molar-refractivity contribution in [3.63, 3.8) is 0 Å². The lowest BCUT2D eigenvalue weighted by atomic mass is 9.98. The highest BCUT2D eigenvalue weighted by atomic mass is 19.1. The predicted octanol–water partition coefficient (Wildman–Crippen LogP) is 4.38. The Balaban J connectivity index is 1.65. The van der Waals surface area contributed by atoms with Crippen molar-refractivity contribution < 1.29 is 18.7 Å². The molecule has 164 valence electrons. The summed E-state index contributed by atoms with van der Waals surface area (Å²) < 4.78 is 28.8. The van der Waals surface area contributed by atoms with Crippen LogP contribution >= 0.6 is 0 Å². The molecule has 0 radical (unpaired) electrons. The maximum atomic E-state index is 13.8. The summed E-state index contributed by atoms with van der Waals surface area (Å²) in [5.41, 5.74) is 4.23. The summed E-state index contributed by atoms with van der Waals surface area (Å²) in [6.07, 6.45) is 3.33. The summed E-state index contributed by atoms with van der Waals surface area (Å²) in [4.78, 5) is 21.5. The van der Waals surface area contributed by atoms with Gasteiger partial charge in [-0.15, -0.1) is 0 Å². The molecule has 0 bridgehead atoms. The van der Waals surface area contributed by atoms with E-state index in [4.69, 9.17) is 0 Å². The summed E-state index contributed by atoms with van der Waals surface area (Å²) in [6.45, 7) is 4.99. The molecule has 2 aromatic heterocycles. The van der Waals surface area contributed by atoms with Crippen molar-refractivity contribution in [3.05, 3.63) is 83.3 Å². The molecule has 4 aromatic rings. The topological polar surface area (TPSA) is 80.0 Å². The lowest BCUT2D eigenvalue weighted by Gasteiger charge is -2.16. The maximum Gasteiger partial charge on any atom is 0.273 e. The number of aryl methyl sites for hydroxylation is 1. The average Bonchev–Trinajstić information content (AvgIpc) is 3.02. The lowest BCUT2D eigenvalue weighted by Crippen LogP contribution is -2.24. The number of amides is 1. The first-order valence-electron chi connectivity index (χ1n) is 10.0. The SMILES string of the molecule is Cc1nc(-c2cccc(F)c2)ncc1C(=O)Nn1cc(CC(C)(C)O)c2cc(F)ccc21. The number of fused-ring (bicyclic) bond motifs is 1. The van der Waals surface area contributed by atoms with Crippen molar-refractivity contribution in [2.75, 3.05) is 5.43 Å². The zero-order valence-corrected chi connectivity index (χ0v) is 17.9. The van der Waals surface area contributed by atoms with Crippen LogP contribution in [0.1, 0.15) is 35.5 Å². The van der Waals surface area contributed by atoms with Gasteiger partial charge < -0.3 is 5.11 Å². The molecule has 8 heteroatoms. The van der Waals surface area contributed by atoms with Crippen molar-refractivity contribution in [2.45, 2.75) is 32.8 Å². The molecule has 4 rings (SSSR count). The van der Waals surface area contributed by atoms with Crippen molar-refractivity contribution in [1.82, 2.24) is 14.6 Å². The molecular weight excluding hydrogens is 414 g/mol. The second kappa shape index (κ2) is 8.12. The summed E-state index contributed by atoms with van der Waals surface area (Å²) in [6, 6.07) is 10.2. The van der Waals surface area contributed by atoms with E-state index >= 15 is 0 Å². The van der Waals surface area contributed by atoms with Crippen molar-refractivity contribution >= 4 is 16.8 Å². The zero-order chi connectivity index (χ0) is 23.0. The minimum absolute atomic E-state index is 0.248. The van der Waals surface area contributed by atoms with Crippen LogP contribution in [0.25, 0.3) is 22.3 Å². The van der Waals surface area contributed by atoms with Gasteiger partial charge in [0.1, 0.15) is 11.6 Å². The Hall–Kier alpha value is -3.65. The number of nitrogens with one attached hydrogen (secondary N) is 1. The third-order valence-corrected chi connectivity index (χ3v) is 5.00. The van der Waals surface area contributed by atoms with Crippen LogP contribution in [0, 0.1) is 18.6 Å². The maximum absolute atomic E-state index is 13.8. The Bertz CT molecular complexity index is 1330. The third kappa shape index (κ3) is 4.50. The van der Waals surface area contributed by atoms with Crippen molar-refractivity contribution in [3.8, 4) is 11.4 Å². The van der Waals surface area contributed by atoms with Gasteiger partial charge in [0.05, 0.1) is 22.4 Å². The van der Waals surface area contributed by atoms with Gasteiger partial charge in [0.2, 0.25) is 0 Å². The molecule has 1 amide bonds. The van der Waals surface area contributed by atoms with Gasteiger partial charge in [0.15, 0.2) is 5.82 Å². The average molecular weight is 436 g/mol. The van der Waals surface area contributed by atoms with E-state index in [1.54, 1.807) is 45.2 Å². The molecule has 0 aliphatic heterocycles. The molecule has 0 aliphatic carbocycles. The molecule has 0 spiro atoms. The lowest BCUT2D eigenvalue weighted by molar-refractivity contribution is 0.0813. The van der Waals surface area contributed by atoms with Gasteiger partial charge in [0.25, 0.3) is 5.91 Å². The Kier molecular flexibility index (Phi) is 5.48. The van der Waals surface area contributed by atoms with Crippen molar-refractivity contribution in [1.29, 1.82) is 0 Å². The molecule has 0 saturated carbocycles. The monoisotopic (exact) mass is 436 g/mol. The Morgan fingerprint density at radius 1 is 1.16 bits per heavy atom. The van der Waals surface area contributed by atoms with Crippen LogP contribution in [0.5, 0.6) is 0 Å². The van der Waals surface area contributed by atoms with Crippen LogP contribution in [0.15, 0.2) is 54.9 Å². The highest BCUT2D eigenvalue weighted by Crippen LogP contribution is 2.26. The molecule has 32 heavy (non-hydrogen) atoms. The summed E-state index contributed by atoms with van der Waals surface area (Å²) in [5, 5.41) is 10.8. The smallest absolute Gasteiger partial charge is 0.273 e. The predicted molar refractivity (Wildman–Crippen MR) is 118 cm³/mol. The molecule has 0 aliphatic rings. The molecule has 2 aromatic carbocycles. The number of benzene rings is 2. The van der Waals surface area contributed by atoms with E-state index < -0.39 is 23.1 Å². The van der Waals surface area contributed by atoms with E-state index in [0.29, 0.717) is 33.5 Å². The number of carbonyl (C=O) groups is 1. The largest absolute Gasteiger partial charge is 0.390 e. The fraction of sp³-hybridized carbons (Fsp3) is 0.208. The van der Waals surface area contributed by atoms with E-state index in [9.17, 15) is 18.7 Å². The molecule has 6 nitrogen and oxygen atoms in total. The van der Waals surface area contributed by atoms with Crippen LogP contribution in [0.2, 0.25) is 0 Å². The molecule has 0 atom stereocenters. The summed E-state index contributed by atoms with van der Waals surface area (Å²) in [5.74, 6) is -0.948. The first-order valence-corrected chi connectivity index (χ1v) is 10.0. The zero-order valence-electron chi connectivity index (χ0n) is 17.9. The van der Waals surface area contributed by atoms with Gasteiger partial charge in [-0.3, -0.25) is 14.9 Å². The second-order valence-corrected chi connectivity index (χ2v) is 8.32. The van der Waals surface area contributed by atoms with E-state index in [1.165, 1.54) is 35.1 Å². The van der Waals surface area contributed by atoms with Crippen LogP contribution in [-0.2, 0) is 6.42 Å².